The van der Waals surface area contributed by atoms with Gasteiger partial charge in [-0.05, 0) is 31.2 Å². The summed E-state index contributed by atoms with van der Waals surface area (Å²) in [5.74, 6) is -1.55. The lowest BCUT2D eigenvalue weighted by atomic mass is 10.1. The van der Waals surface area contributed by atoms with Crippen LogP contribution in [-0.4, -0.2) is 35.8 Å². The van der Waals surface area contributed by atoms with Gasteiger partial charge in [0.05, 0.1) is 24.1 Å². The van der Waals surface area contributed by atoms with Gasteiger partial charge in [0.25, 0.3) is 0 Å². The van der Waals surface area contributed by atoms with E-state index in [4.69, 9.17) is 10.00 Å². The predicted molar refractivity (Wildman–Crippen MR) is 100 cm³/mol. The Kier molecular flexibility index (Phi) is 4.46. The van der Waals surface area contributed by atoms with Crippen LogP contribution < -0.4 is 15.1 Å². The summed E-state index contributed by atoms with van der Waals surface area (Å²) >= 11 is 0. The van der Waals surface area contributed by atoms with Crippen LogP contribution in [0.15, 0.2) is 17.1 Å². The van der Waals surface area contributed by atoms with Gasteiger partial charge in [-0.2, -0.15) is 5.26 Å². The summed E-state index contributed by atoms with van der Waals surface area (Å²) in [5, 5.41) is 18.3. The van der Waals surface area contributed by atoms with Crippen LogP contribution in [0.25, 0.3) is 10.9 Å². The monoisotopic (exact) mass is 385 g/mol. The van der Waals surface area contributed by atoms with Crippen molar-refractivity contribution in [1.82, 2.24) is 4.57 Å². The molecule has 2 aliphatic rings. The van der Waals surface area contributed by atoms with E-state index >= 15 is 4.39 Å². The maximum Gasteiger partial charge on any atom is 0.341 e. The number of nitrogens with zero attached hydrogens (tertiary/aromatic N) is 3. The lowest BCUT2D eigenvalue weighted by Crippen LogP contribution is -2.24. The molecule has 1 N–H and O–H groups in total. The molecule has 2 fully saturated rings. The van der Waals surface area contributed by atoms with Crippen LogP contribution in [0.4, 0.5) is 10.1 Å². The molecule has 0 spiro atoms. The molecule has 0 radical (unpaired) electrons. The number of nitriles is 1. The van der Waals surface area contributed by atoms with Gasteiger partial charge >= 0.3 is 5.97 Å². The SMILES string of the molecule is COc1c(N2CCC(CC#N)C2)c(F)cc2c(=O)c(C(=O)O)cn(C3CC3)c12. The Labute approximate surface area is 160 Å². The molecule has 28 heavy (non-hydrogen) atoms. The summed E-state index contributed by atoms with van der Waals surface area (Å²) in [6.45, 7) is 1.12. The summed E-state index contributed by atoms with van der Waals surface area (Å²) in [6, 6.07) is 3.35. The summed E-state index contributed by atoms with van der Waals surface area (Å²) in [6.07, 6.45) is 4.25. The molecule has 2 aromatic rings. The first-order chi connectivity index (χ1) is 13.5. The lowest BCUT2D eigenvalue weighted by molar-refractivity contribution is 0.0695. The normalized spacial score (nSPS) is 19.0. The molecule has 1 aromatic carbocycles. The number of methoxy groups -OCH3 is 1. The lowest BCUT2D eigenvalue weighted by Gasteiger charge is -2.24. The van der Waals surface area contributed by atoms with E-state index in [0.717, 1.165) is 25.3 Å². The maximum atomic E-state index is 15.1. The standard InChI is InChI=1S/C20H20FN3O4/c1-28-19-16-13(18(25)14(20(26)27)10-24(16)12-2-3-12)8-15(21)17(19)23-7-5-11(9-23)4-6-22/h8,10-12H,2-5,7,9H2,1H3,(H,26,27). The van der Waals surface area contributed by atoms with E-state index < -0.39 is 17.2 Å². The van der Waals surface area contributed by atoms with E-state index in [-0.39, 0.29) is 34.3 Å². The third-order valence-electron chi connectivity index (χ3n) is 5.56. The van der Waals surface area contributed by atoms with Crippen LogP contribution >= 0.6 is 0 Å². The largest absolute Gasteiger partial charge is 0.492 e. The number of carbonyl (C=O) groups is 1. The van der Waals surface area contributed by atoms with E-state index in [2.05, 4.69) is 6.07 Å². The van der Waals surface area contributed by atoms with E-state index in [1.165, 1.54) is 13.3 Å². The third kappa shape index (κ3) is 2.87. The molecule has 1 atom stereocenters. The number of carboxylic acid groups (broad SMARTS) is 1. The number of hydrogen-bond donors (Lipinski definition) is 1. The fourth-order valence-electron chi connectivity index (χ4n) is 4.06. The van der Waals surface area contributed by atoms with Crippen molar-refractivity contribution in [3.8, 4) is 11.8 Å². The predicted octanol–water partition coefficient (Wildman–Crippen LogP) is 2.92. The summed E-state index contributed by atoms with van der Waals surface area (Å²) in [5.41, 5.74) is -0.386. The summed E-state index contributed by atoms with van der Waals surface area (Å²) < 4.78 is 22.4. The van der Waals surface area contributed by atoms with Crippen molar-refractivity contribution in [2.24, 2.45) is 5.92 Å². The van der Waals surface area contributed by atoms with E-state index in [1.807, 2.05) is 4.90 Å². The van der Waals surface area contributed by atoms with Crippen LogP contribution in [0.1, 0.15) is 42.1 Å². The number of ether oxygens (including phenoxy) is 1. The zero-order chi connectivity index (χ0) is 20.0. The first-order valence-electron chi connectivity index (χ1n) is 9.26. The molecule has 1 unspecified atom stereocenters. The number of anilines is 1. The molecule has 4 rings (SSSR count). The van der Waals surface area contributed by atoms with Crippen molar-refractivity contribution in [2.75, 3.05) is 25.1 Å². The summed E-state index contributed by atoms with van der Waals surface area (Å²) in [7, 11) is 1.42. The number of pyridine rings is 1. The molecule has 1 aliphatic heterocycles. The van der Waals surface area contributed by atoms with Crippen molar-refractivity contribution in [1.29, 1.82) is 5.26 Å². The minimum Gasteiger partial charge on any atom is -0.492 e. The Morgan fingerprint density at radius 3 is 2.79 bits per heavy atom. The van der Waals surface area contributed by atoms with Crippen LogP contribution in [0, 0.1) is 23.1 Å². The van der Waals surface area contributed by atoms with Gasteiger partial charge in [0.2, 0.25) is 5.43 Å². The second-order valence-corrected chi connectivity index (χ2v) is 7.41. The minimum absolute atomic E-state index is 0.0117. The zero-order valence-corrected chi connectivity index (χ0v) is 15.4. The molecule has 7 nitrogen and oxygen atoms in total. The van der Waals surface area contributed by atoms with Gasteiger partial charge in [0, 0.05) is 31.7 Å². The molecule has 146 valence electrons. The number of halogens is 1. The quantitative estimate of drug-likeness (QED) is 0.850. The molecule has 1 saturated carbocycles. The molecule has 1 aromatic heterocycles. The molecule has 0 amide bonds. The molecule has 0 bridgehead atoms. The highest BCUT2D eigenvalue weighted by molar-refractivity contribution is 5.97. The molecule has 2 heterocycles. The van der Waals surface area contributed by atoms with Gasteiger partial charge in [-0.25, -0.2) is 9.18 Å². The number of hydrogen-bond acceptors (Lipinski definition) is 5. The van der Waals surface area contributed by atoms with Crippen LogP contribution in [-0.2, 0) is 0 Å². The number of aromatic carboxylic acids is 1. The van der Waals surface area contributed by atoms with Gasteiger partial charge in [0.15, 0.2) is 11.6 Å². The Balaban J connectivity index is 1.96. The zero-order valence-electron chi connectivity index (χ0n) is 15.4. The number of carboxylic acids is 1. The highest BCUT2D eigenvalue weighted by Gasteiger charge is 2.33. The first kappa shape index (κ1) is 18.3. The Bertz CT molecular complexity index is 1070. The highest BCUT2D eigenvalue weighted by atomic mass is 19.1. The number of aromatic nitrogens is 1. The van der Waals surface area contributed by atoms with Gasteiger partial charge in [-0.1, -0.05) is 0 Å². The molecular weight excluding hydrogens is 365 g/mol. The second-order valence-electron chi connectivity index (χ2n) is 7.41. The minimum atomic E-state index is -1.33. The van der Waals surface area contributed by atoms with Crippen molar-refractivity contribution in [3.05, 3.63) is 33.9 Å². The van der Waals surface area contributed by atoms with Crippen LogP contribution in [0.3, 0.4) is 0 Å². The molecule has 1 aliphatic carbocycles. The van der Waals surface area contributed by atoms with Gasteiger partial charge in [0.1, 0.15) is 11.3 Å². The van der Waals surface area contributed by atoms with Crippen molar-refractivity contribution in [3.63, 3.8) is 0 Å². The topological polar surface area (TPSA) is 95.6 Å². The van der Waals surface area contributed by atoms with Gasteiger partial charge < -0.3 is 19.3 Å². The average molecular weight is 385 g/mol. The number of rotatable bonds is 5. The van der Waals surface area contributed by atoms with E-state index in [0.29, 0.717) is 25.0 Å². The van der Waals surface area contributed by atoms with Crippen molar-refractivity contribution >= 4 is 22.6 Å². The highest BCUT2D eigenvalue weighted by Crippen LogP contribution is 2.44. The van der Waals surface area contributed by atoms with Gasteiger partial charge in [-0.3, -0.25) is 4.79 Å². The Morgan fingerprint density at radius 1 is 1.43 bits per heavy atom. The van der Waals surface area contributed by atoms with E-state index in [9.17, 15) is 14.7 Å². The average Bonchev–Trinajstić information content (AvgIpc) is 3.40. The second kappa shape index (κ2) is 6.82. The molecule has 8 heteroatoms. The fraction of sp³-hybridized carbons (Fsp3) is 0.450. The summed E-state index contributed by atoms with van der Waals surface area (Å²) in [4.78, 5) is 26.0. The fourth-order valence-corrected chi connectivity index (χ4v) is 4.06. The number of benzene rings is 1. The van der Waals surface area contributed by atoms with E-state index in [1.54, 1.807) is 4.57 Å². The van der Waals surface area contributed by atoms with Crippen molar-refractivity contribution in [2.45, 2.75) is 31.7 Å². The maximum absolute atomic E-state index is 15.1. The third-order valence-corrected chi connectivity index (χ3v) is 5.56. The van der Waals surface area contributed by atoms with Crippen molar-refractivity contribution < 1.29 is 19.0 Å². The van der Waals surface area contributed by atoms with Gasteiger partial charge in [-0.15, -0.1) is 0 Å². The Hall–Kier alpha value is -3.08. The first-order valence-corrected chi connectivity index (χ1v) is 9.26. The Morgan fingerprint density at radius 2 is 2.18 bits per heavy atom. The number of fused-ring (bicyclic) bond motifs is 1. The van der Waals surface area contributed by atoms with Crippen LogP contribution in [0.2, 0.25) is 0 Å². The van der Waals surface area contributed by atoms with Crippen LogP contribution in [0.5, 0.6) is 5.75 Å². The smallest absolute Gasteiger partial charge is 0.341 e. The molecular formula is C20H20FN3O4. The molecule has 1 saturated heterocycles.